The molecular formula is C24H32FNO3. The normalized spacial score (nSPS) is 19.0. The van der Waals surface area contributed by atoms with E-state index in [0.717, 1.165) is 49.9 Å². The zero-order valence-electron chi connectivity index (χ0n) is 17.4. The zero-order valence-corrected chi connectivity index (χ0v) is 17.4. The lowest BCUT2D eigenvalue weighted by atomic mass is 9.74. The summed E-state index contributed by atoms with van der Waals surface area (Å²) in [4.78, 5) is 0. The van der Waals surface area contributed by atoms with Crippen molar-refractivity contribution in [3.8, 4) is 11.5 Å². The highest BCUT2D eigenvalue weighted by Crippen LogP contribution is 2.43. The van der Waals surface area contributed by atoms with Gasteiger partial charge in [-0.25, -0.2) is 4.39 Å². The fourth-order valence-corrected chi connectivity index (χ4v) is 4.22. The van der Waals surface area contributed by atoms with Gasteiger partial charge in [-0.2, -0.15) is 0 Å². The van der Waals surface area contributed by atoms with Crippen LogP contribution in [0.1, 0.15) is 43.2 Å². The highest BCUT2D eigenvalue weighted by atomic mass is 19.1. The summed E-state index contributed by atoms with van der Waals surface area (Å²) < 4.78 is 24.9. The quantitative estimate of drug-likeness (QED) is 0.585. The maximum Gasteiger partial charge on any atom is 0.133 e. The van der Waals surface area contributed by atoms with E-state index in [-0.39, 0.29) is 11.7 Å². The van der Waals surface area contributed by atoms with E-state index in [9.17, 15) is 9.50 Å². The lowest BCUT2D eigenvalue weighted by molar-refractivity contribution is -0.0447. The largest absolute Gasteiger partial charge is 0.457 e. The summed E-state index contributed by atoms with van der Waals surface area (Å²) in [5.41, 5.74) is 0.531. The lowest BCUT2D eigenvalue weighted by Crippen LogP contribution is -2.44. The van der Waals surface area contributed by atoms with Crippen LogP contribution in [0.4, 0.5) is 4.39 Å². The number of aryl methyl sites for hydroxylation is 1. The van der Waals surface area contributed by atoms with E-state index in [1.807, 2.05) is 31.2 Å². The van der Waals surface area contributed by atoms with Crippen molar-refractivity contribution in [3.05, 3.63) is 59.4 Å². The van der Waals surface area contributed by atoms with Gasteiger partial charge in [-0.05, 0) is 75.4 Å². The molecule has 1 aliphatic rings. The van der Waals surface area contributed by atoms with Gasteiger partial charge >= 0.3 is 0 Å². The number of unbranched alkanes of at least 4 members (excludes halogenated alkanes) is 1. The second kappa shape index (κ2) is 10.2. The molecule has 158 valence electrons. The molecule has 3 rings (SSSR count). The molecule has 1 fully saturated rings. The van der Waals surface area contributed by atoms with Crippen molar-refractivity contribution in [3.63, 3.8) is 0 Å². The average molecular weight is 402 g/mol. The van der Waals surface area contributed by atoms with Gasteiger partial charge in [0.25, 0.3) is 0 Å². The van der Waals surface area contributed by atoms with E-state index in [4.69, 9.17) is 9.47 Å². The summed E-state index contributed by atoms with van der Waals surface area (Å²) in [7, 11) is 1.70. The van der Waals surface area contributed by atoms with Crippen molar-refractivity contribution in [2.75, 3.05) is 26.8 Å². The first-order valence-corrected chi connectivity index (χ1v) is 10.5. The summed E-state index contributed by atoms with van der Waals surface area (Å²) in [6.45, 7) is 4.28. The maximum atomic E-state index is 13.5. The van der Waals surface area contributed by atoms with Gasteiger partial charge in [-0.15, -0.1) is 0 Å². The summed E-state index contributed by atoms with van der Waals surface area (Å²) in [5.74, 6) is 1.05. The summed E-state index contributed by atoms with van der Waals surface area (Å²) >= 11 is 0. The summed E-state index contributed by atoms with van der Waals surface area (Å²) in [6, 6.07) is 12.2. The Morgan fingerprint density at radius 1 is 1.17 bits per heavy atom. The molecular weight excluding hydrogens is 369 g/mol. The Hall–Kier alpha value is -1.95. The summed E-state index contributed by atoms with van der Waals surface area (Å²) in [6.07, 6.45) is 4.43. The molecule has 1 saturated heterocycles. The van der Waals surface area contributed by atoms with Crippen LogP contribution in [0.15, 0.2) is 42.5 Å². The van der Waals surface area contributed by atoms with Crippen LogP contribution in [0, 0.1) is 18.7 Å². The molecule has 0 bridgehead atoms. The van der Waals surface area contributed by atoms with Crippen LogP contribution in [-0.4, -0.2) is 31.9 Å². The van der Waals surface area contributed by atoms with Crippen molar-refractivity contribution in [2.24, 2.45) is 5.92 Å². The topological polar surface area (TPSA) is 50.7 Å². The van der Waals surface area contributed by atoms with Crippen LogP contribution in [-0.2, 0) is 10.3 Å². The molecule has 0 saturated carbocycles. The number of benzene rings is 2. The SMILES string of the molecule is COCCCC[C@@](O)(c1ccccc1Oc1ccc(F)cc1C)[C@@H]1CCCNC1. The van der Waals surface area contributed by atoms with Gasteiger partial charge in [0.05, 0.1) is 5.60 Å². The minimum Gasteiger partial charge on any atom is -0.457 e. The Labute approximate surface area is 173 Å². The standard InChI is InChI=1S/C24H32FNO3/c1-18-16-20(25)11-12-22(18)29-23-10-4-3-9-21(23)24(27,13-5-6-15-28-2)19-8-7-14-26-17-19/h3-4,9-12,16,19,26-27H,5-8,13-15,17H2,1-2H3/t19-,24+/m1/s1. The number of piperidine rings is 1. The number of hydrogen-bond acceptors (Lipinski definition) is 4. The molecule has 2 aromatic carbocycles. The van der Waals surface area contributed by atoms with Crippen molar-refractivity contribution in [1.82, 2.24) is 5.32 Å². The first kappa shape index (κ1) is 21.8. The van der Waals surface area contributed by atoms with Crippen LogP contribution in [0.25, 0.3) is 0 Å². The predicted octanol–water partition coefficient (Wildman–Crippen LogP) is 4.93. The molecule has 0 aliphatic carbocycles. The summed E-state index contributed by atoms with van der Waals surface area (Å²) in [5, 5.41) is 15.4. The van der Waals surface area contributed by atoms with Crippen LogP contribution in [0.2, 0.25) is 0 Å². The molecule has 2 N–H and O–H groups in total. The van der Waals surface area contributed by atoms with Crippen LogP contribution in [0.5, 0.6) is 11.5 Å². The molecule has 0 unspecified atom stereocenters. The number of methoxy groups -OCH3 is 1. The monoisotopic (exact) mass is 401 g/mol. The van der Waals surface area contributed by atoms with Crippen LogP contribution >= 0.6 is 0 Å². The minimum absolute atomic E-state index is 0.109. The van der Waals surface area contributed by atoms with Gasteiger partial charge < -0.3 is 19.9 Å². The number of nitrogens with one attached hydrogen (secondary N) is 1. The number of aliphatic hydroxyl groups is 1. The Morgan fingerprint density at radius 2 is 2.00 bits per heavy atom. The van der Waals surface area contributed by atoms with Crippen molar-refractivity contribution < 1.29 is 19.0 Å². The van der Waals surface area contributed by atoms with Gasteiger partial charge in [0, 0.05) is 31.7 Å². The van der Waals surface area contributed by atoms with Crippen molar-refractivity contribution >= 4 is 0 Å². The molecule has 0 aromatic heterocycles. The van der Waals surface area contributed by atoms with Crippen molar-refractivity contribution in [1.29, 1.82) is 0 Å². The third-order valence-electron chi connectivity index (χ3n) is 5.84. The number of ether oxygens (including phenoxy) is 2. The second-order valence-corrected chi connectivity index (χ2v) is 7.93. The number of para-hydroxylation sites is 1. The Morgan fingerprint density at radius 3 is 2.72 bits per heavy atom. The van der Waals surface area contributed by atoms with Gasteiger partial charge in [-0.3, -0.25) is 0 Å². The molecule has 1 heterocycles. The highest BCUT2D eigenvalue weighted by Gasteiger charge is 2.40. The van der Waals surface area contributed by atoms with Crippen LogP contribution < -0.4 is 10.1 Å². The van der Waals surface area contributed by atoms with E-state index < -0.39 is 5.60 Å². The van der Waals surface area contributed by atoms with Gasteiger partial charge in [-0.1, -0.05) is 18.2 Å². The first-order chi connectivity index (χ1) is 14.0. The minimum atomic E-state index is -0.994. The molecule has 1 aliphatic heterocycles. The fourth-order valence-electron chi connectivity index (χ4n) is 4.22. The first-order valence-electron chi connectivity index (χ1n) is 10.5. The third kappa shape index (κ3) is 5.35. The van der Waals surface area contributed by atoms with Gasteiger partial charge in [0.15, 0.2) is 0 Å². The molecule has 0 radical (unpaired) electrons. The predicted molar refractivity (Wildman–Crippen MR) is 113 cm³/mol. The van der Waals surface area contributed by atoms with E-state index in [1.165, 1.54) is 12.1 Å². The van der Waals surface area contributed by atoms with E-state index in [0.29, 0.717) is 24.5 Å². The molecule has 0 amide bonds. The van der Waals surface area contributed by atoms with Gasteiger partial charge in [0.2, 0.25) is 0 Å². The lowest BCUT2D eigenvalue weighted by Gasteiger charge is -2.40. The molecule has 4 nitrogen and oxygen atoms in total. The van der Waals surface area contributed by atoms with Crippen molar-refractivity contribution in [2.45, 2.75) is 44.6 Å². The average Bonchev–Trinajstić information content (AvgIpc) is 2.74. The number of hydrogen-bond donors (Lipinski definition) is 2. The Kier molecular flexibility index (Phi) is 7.64. The maximum absolute atomic E-state index is 13.5. The molecule has 2 aromatic rings. The Balaban J connectivity index is 1.92. The van der Waals surface area contributed by atoms with E-state index >= 15 is 0 Å². The zero-order chi connectivity index (χ0) is 20.7. The van der Waals surface area contributed by atoms with Gasteiger partial charge in [0.1, 0.15) is 17.3 Å². The number of halogens is 1. The molecule has 2 atom stereocenters. The second-order valence-electron chi connectivity index (χ2n) is 7.93. The Bertz CT molecular complexity index is 791. The number of rotatable bonds is 9. The molecule has 0 spiro atoms. The smallest absolute Gasteiger partial charge is 0.133 e. The van der Waals surface area contributed by atoms with E-state index in [2.05, 4.69) is 5.32 Å². The molecule has 29 heavy (non-hydrogen) atoms. The molecule has 5 heteroatoms. The van der Waals surface area contributed by atoms with E-state index in [1.54, 1.807) is 13.2 Å². The third-order valence-corrected chi connectivity index (χ3v) is 5.84. The fraction of sp³-hybridized carbons (Fsp3) is 0.500. The van der Waals surface area contributed by atoms with Crippen LogP contribution in [0.3, 0.4) is 0 Å². The highest BCUT2D eigenvalue weighted by molar-refractivity contribution is 5.44.